The molecule has 3 N–H and O–H groups in total. The SMILES string of the molecule is CC1CCC(O)(CNC(=O)[C@H]2[C@@H](C(=O)O)C2(C)C)CC1. The van der Waals surface area contributed by atoms with Crippen LogP contribution in [-0.4, -0.2) is 34.2 Å². The lowest BCUT2D eigenvalue weighted by atomic mass is 9.79. The van der Waals surface area contributed by atoms with E-state index in [-0.39, 0.29) is 12.5 Å². The zero-order valence-electron chi connectivity index (χ0n) is 12.5. The van der Waals surface area contributed by atoms with Gasteiger partial charge in [-0.05, 0) is 37.0 Å². The summed E-state index contributed by atoms with van der Waals surface area (Å²) in [6.45, 7) is 6.00. The van der Waals surface area contributed by atoms with E-state index in [2.05, 4.69) is 12.2 Å². The molecule has 0 saturated heterocycles. The molecule has 2 saturated carbocycles. The maximum absolute atomic E-state index is 12.1. The molecule has 0 aliphatic heterocycles. The summed E-state index contributed by atoms with van der Waals surface area (Å²) in [6, 6.07) is 0. The molecule has 5 nitrogen and oxygen atoms in total. The summed E-state index contributed by atoms with van der Waals surface area (Å²) < 4.78 is 0. The van der Waals surface area contributed by atoms with Gasteiger partial charge in [-0.1, -0.05) is 20.8 Å². The lowest BCUT2D eigenvalue weighted by molar-refractivity contribution is -0.140. The predicted molar refractivity (Wildman–Crippen MR) is 74.0 cm³/mol. The molecule has 0 unspecified atom stereocenters. The number of aliphatic hydroxyl groups is 1. The summed E-state index contributed by atoms with van der Waals surface area (Å²) >= 11 is 0. The largest absolute Gasteiger partial charge is 0.481 e. The van der Waals surface area contributed by atoms with Crippen LogP contribution in [0.1, 0.15) is 46.5 Å². The first kappa shape index (κ1) is 15.3. The Bertz CT molecular complexity index is 410. The third kappa shape index (κ3) is 2.82. The van der Waals surface area contributed by atoms with Crippen molar-refractivity contribution in [3.8, 4) is 0 Å². The molecular formula is C15H25NO4. The van der Waals surface area contributed by atoms with Crippen LogP contribution in [0.15, 0.2) is 0 Å². The molecule has 2 atom stereocenters. The van der Waals surface area contributed by atoms with Crippen LogP contribution < -0.4 is 5.32 Å². The lowest BCUT2D eigenvalue weighted by Gasteiger charge is -2.35. The van der Waals surface area contributed by atoms with Crippen molar-refractivity contribution in [3.05, 3.63) is 0 Å². The monoisotopic (exact) mass is 283 g/mol. The van der Waals surface area contributed by atoms with Gasteiger partial charge in [-0.25, -0.2) is 0 Å². The maximum Gasteiger partial charge on any atom is 0.307 e. The Balaban J connectivity index is 1.86. The quantitative estimate of drug-likeness (QED) is 0.728. The van der Waals surface area contributed by atoms with E-state index in [4.69, 9.17) is 5.11 Å². The van der Waals surface area contributed by atoms with Crippen LogP contribution in [0.5, 0.6) is 0 Å². The van der Waals surface area contributed by atoms with Gasteiger partial charge in [-0.3, -0.25) is 9.59 Å². The van der Waals surface area contributed by atoms with Crippen LogP contribution in [0.25, 0.3) is 0 Å². The third-order valence-corrected chi connectivity index (χ3v) is 5.17. The smallest absolute Gasteiger partial charge is 0.307 e. The fraction of sp³-hybridized carbons (Fsp3) is 0.867. The van der Waals surface area contributed by atoms with Gasteiger partial charge >= 0.3 is 5.97 Å². The summed E-state index contributed by atoms with van der Waals surface area (Å²) in [6.07, 6.45) is 3.34. The molecule has 0 aromatic heterocycles. The van der Waals surface area contributed by atoms with E-state index in [1.807, 2.05) is 0 Å². The number of aliphatic carboxylic acids is 1. The highest BCUT2D eigenvalue weighted by molar-refractivity contribution is 5.91. The molecule has 2 rings (SSSR count). The number of carboxylic acids is 1. The second-order valence-electron chi connectivity index (χ2n) is 7.24. The van der Waals surface area contributed by atoms with Gasteiger partial charge < -0.3 is 15.5 Å². The minimum Gasteiger partial charge on any atom is -0.481 e. The summed E-state index contributed by atoms with van der Waals surface area (Å²) in [5.41, 5.74) is -1.31. The number of amides is 1. The van der Waals surface area contributed by atoms with E-state index >= 15 is 0 Å². The third-order valence-electron chi connectivity index (χ3n) is 5.17. The Morgan fingerprint density at radius 1 is 1.20 bits per heavy atom. The van der Waals surface area contributed by atoms with Crippen molar-refractivity contribution < 1.29 is 19.8 Å². The molecule has 114 valence electrons. The van der Waals surface area contributed by atoms with Gasteiger partial charge in [0.25, 0.3) is 0 Å². The first-order chi connectivity index (χ1) is 9.17. The van der Waals surface area contributed by atoms with Crippen LogP contribution in [0.3, 0.4) is 0 Å². The van der Waals surface area contributed by atoms with E-state index in [1.54, 1.807) is 13.8 Å². The molecule has 0 spiro atoms. The molecule has 5 heteroatoms. The van der Waals surface area contributed by atoms with Crippen LogP contribution in [-0.2, 0) is 9.59 Å². The molecule has 0 bridgehead atoms. The van der Waals surface area contributed by atoms with Crippen molar-refractivity contribution in [1.29, 1.82) is 0 Å². The zero-order chi connectivity index (χ0) is 15.1. The highest BCUT2D eigenvalue weighted by Gasteiger charge is 2.65. The lowest BCUT2D eigenvalue weighted by Crippen LogP contribution is -2.46. The molecular weight excluding hydrogens is 258 g/mol. The van der Waals surface area contributed by atoms with Crippen LogP contribution in [0.4, 0.5) is 0 Å². The second kappa shape index (κ2) is 5.02. The van der Waals surface area contributed by atoms with E-state index in [1.165, 1.54) is 0 Å². The minimum atomic E-state index is -0.916. The number of hydrogen-bond acceptors (Lipinski definition) is 3. The van der Waals surface area contributed by atoms with Gasteiger partial charge in [0.15, 0.2) is 0 Å². The molecule has 2 fully saturated rings. The van der Waals surface area contributed by atoms with Crippen LogP contribution in [0, 0.1) is 23.2 Å². The molecule has 2 aliphatic carbocycles. The fourth-order valence-corrected chi connectivity index (χ4v) is 3.43. The molecule has 0 aromatic rings. The zero-order valence-corrected chi connectivity index (χ0v) is 12.5. The van der Waals surface area contributed by atoms with Crippen molar-refractivity contribution in [1.82, 2.24) is 5.32 Å². The van der Waals surface area contributed by atoms with Gasteiger partial charge in [0.05, 0.1) is 17.4 Å². The molecule has 2 aliphatic rings. The van der Waals surface area contributed by atoms with Gasteiger partial charge in [-0.15, -0.1) is 0 Å². The van der Waals surface area contributed by atoms with E-state index in [0.717, 1.165) is 12.8 Å². The normalized spacial score (nSPS) is 39.1. The summed E-state index contributed by atoms with van der Waals surface area (Å²) in [4.78, 5) is 23.2. The number of nitrogens with one attached hydrogen (secondary N) is 1. The molecule has 0 heterocycles. The van der Waals surface area contributed by atoms with Crippen molar-refractivity contribution in [2.45, 2.75) is 52.1 Å². The van der Waals surface area contributed by atoms with Crippen LogP contribution in [0.2, 0.25) is 0 Å². The van der Waals surface area contributed by atoms with Crippen molar-refractivity contribution in [3.63, 3.8) is 0 Å². The number of rotatable bonds is 4. The second-order valence-corrected chi connectivity index (χ2v) is 7.24. The van der Waals surface area contributed by atoms with Gasteiger partial charge in [0.1, 0.15) is 0 Å². The molecule has 1 amide bonds. The van der Waals surface area contributed by atoms with Gasteiger partial charge in [0, 0.05) is 6.54 Å². The number of hydrogen-bond donors (Lipinski definition) is 3. The summed E-state index contributed by atoms with van der Waals surface area (Å²) in [5, 5.41) is 22.2. The first-order valence-corrected chi connectivity index (χ1v) is 7.40. The van der Waals surface area contributed by atoms with E-state index in [0.29, 0.717) is 18.8 Å². The number of carbonyl (C=O) groups excluding carboxylic acids is 1. The minimum absolute atomic E-state index is 0.234. The average molecular weight is 283 g/mol. The van der Waals surface area contributed by atoms with Crippen LogP contribution >= 0.6 is 0 Å². The highest BCUT2D eigenvalue weighted by Crippen LogP contribution is 2.58. The van der Waals surface area contributed by atoms with Gasteiger partial charge in [-0.2, -0.15) is 0 Å². The Morgan fingerprint density at radius 3 is 2.20 bits per heavy atom. The Labute approximate surface area is 119 Å². The van der Waals surface area contributed by atoms with E-state index in [9.17, 15) is 14.7 Å². The topological polar surface area (TPSA) is 86.6 Å². The molecule has 0 radical (unpaired) electrons. The summed E-state index contributed by atoms with van der Waals surface area (Å²) in [5.74, 6) is -1.62. The fourth-order valence-electron chi connectivity index (χ4n) is 3.43. The average Bonchev–Trinajstić information content (AvgIpc) is 2.94. The molecule has 20 heavy (non-hydrogen) atoms. The van der Waals surface area contributed by atoms with Gasteiger partial charge in [0.2, 0.25) is 5.91 Å². The Hall–Kier alpha value is -1.10. The predicted octanol–water partition coefficient (Wildman–Crippen LogP) is 1.40. The Kier molecular flexibility index (Phi) is 3.84. The highest BCUT2D eigenvalue weighted by atomic mass is 16.4. The maximum atomic E-state index is 12.1. The van der Waals surface area contributed by atoms with Crippen molar-refractivity contribution in [2.75, 3.05) is 6.54 Å². The standard InChI is InChI=1S/C15H25NO4/c1-9-4-6-15(20,7-5-9)8-16-12(17)10-11(13(18)19)14(10,2)3/h9-11,20H,4-8H2,1-3H3,(H,16,17)(H,18,19)/t9?,10-,11+,15?/m1/s1. The number of carboxylic acid groups (broad SMARTS) is 1. The number of carbonyl (C=O) groups is 2. The van der Waals surface area contributed by atoms with Crippen molar-refractivity contribution >= 4 is 11.9 Å². The molecule has 0 aromatic carbocycles. The van der Waals surface area contributed by atoms with Crippen molar-refractivity contribution in [2.24, 2.45) is 23.2 Å². The van der Waals surface area contributed by atoms with E-state index < -0.39 is 28.8 Å². The Morgan fingerprint density at radius 2 is 1.75 bits per heavy atom. The summed E-state index contributed by atoms with van der Waals surface area (Å²) in [7, 11) is 0. The first-order valence-electron chi connectivity index (χ1n) is 7.40.